The van der Waals surface area contributed by atoms with Crippen LogP contribution in [0.4, 0.5) is 0 Å². The van der Waals surface area contributed by atoms with E-state index in [1.54, 1.807) is 24.4 Å². The summed E-state index contributed by atoms with van der Waals surface area (Å²) in [5.74, 6) is -1.60. The van der Waals surface area contributed by atoms with Gasteiger partial charge in [-0.2, -0.15) is 5.10 Å². The first-order valence-corrected chi connectivity index (χ1v) is 7.21. The van der Waals surface area contributed by atoms with Crippen LogP contribution in [0.25, 0.3) is 0 Å². The van der Waals surface area contributed by atoms with Crippen LogP contribution in [0.5, 0.6) is 0 Å². The van der Waals surface area contributed by atoms with E-state index in [0.717, 1.165) is 10.0 Å². The highest BCUT2D eigenvalue weighted by atomic mass is 79.9. The fourth-order valence-electron chi connectivity index (χ4n) is 1.56. The van der Waals surface area contributed by atoms with Crippen LogP contribution in [0, 0.1) is 0 Å². The smallest absolute Gasteiger partial charge is 0.329 e. The quantitative estimate of drug-likeness (QED) is 0.493. The number of carbonyl (C=O) groups excluding carboxylic acids is 2. The fraction of sp³-hybridized carbons (Fsp3) is 0.0667. The van der Waals surface area contributed by atoms with E-state index in [9.17, 15) is 9.59 Å². The normalized spacial score (nSPS) is 10.4. The Hall–Kier alpha value is -2.54. The lowest BCUT2D eigenvalue weighted by atomic mass is 10.2. The number of amides is 2. The van der Waals surface area contributed by atoms with E-state index in [2.05, 4.69) is 36.8 Å². The molecule has 0 radical (unpaired) electrons. The van der Waals surface area contributed by atoms with Gasteiger partial charge in [-0.3, -0.25) is 14.6 Å². The van der Waals surface area contributed by atoms with Crippen molar-refractivity contribution in [3.63, 3.8) is 0 Å². The van der Waals surface area contributed by atoms with Gasteiger partial charge >= 0.3 is 11.8 Å². The third kappa shape index (κ3) is 5.10. The summed E-state index contributed by atoms with van der Waals surface area (Å²) in [5.41, 5.74) is 3.63. The van der Waals surface area contributed by atoms with Gasteiger partial charge in [0.2, 0.25) is 0 Å². The molecule has 0 fully saturated rings. The van der Waals surface area contributed by atoms with Gasteiger partial charge in [-0.05, 0) is 29.8 Å². The molecular weight excluding hydrogens is 348 g/mol. The molecule has 2 rings (SSSR count). The number of hydrogen-bond acceptors (Lipinski definition) is 4. The summed E-state index contributed by atoms with van der Waals surface area (Å²) >= 11 is 3.33. The van der Waals surface area contributed by atoms with Crippen molar-refractivity contribution in [1.29, 1.82) is 0 Å². The van der Waals surface area contributed by atoms with Crippen LogP contribution in [-0.4, -0.2) is 23.0 Å². The first kappa shape index (κ1) is 15.8. The molecule has 6 nitrogen and oxygen atoms in total. The minimum atomic E-state index is -0.831. The minimum Gasteiger partial charge on any atom is -0.342 e. The second-order valence-electron chi connectivity index (χ2n) is 4.26. The molecule has 2 aromatic rings. The highest BCUT2D eigenvalue weighted by Crippen LogP contribution is 2.09. The Labute approximate surface area is 135 Å². The molecule has 0 saturated carbocycles. The van der Waals surface area contributed by atoms with Crippen LogP contribution >= 0.6 is 15.9 Å². The largest absolute Gasteiger partial charge is 0.342 e. The van der Waals surface area contributed by atoms with E-state index >= 15 is 0 Å². The van der Waals surface area contributed by atoms with Crippen LogP contribution in [-0.2, 0) is 16.1 Å². The maximum atomic E-state index is 11.6. The molecule has 0 aliphatic heterocycles. The molecule has 112 valence electrons. The molecule has 0 saturated heterocycles. The Balaban J connectivity index is 1.80. The lowest BCUT2D eigenvalue weighted by Gasteiger charge is -2.03. The van der Waals surface area contributed by atoms with E-state index in [1.165, 1.54) is 6.21 Å². The van der Waals surface area contributed by atoms with Gasteiger partial charge in [0.25, 0.3) is 0 Å². The highest BCUT2D eigenvalue weighted by Gasteiger charge is 2.11. The standard InChI is InChI=1S/C15H13BrN4O2/c16-12-5-3-4-11(8-12)9-19-20-15(22)14(21)18-10-13-6-1-2-7-17-13/h1-9H,10H2,(H,18,21)(H,20,22)/b19-9+. The molecule has 0 aliphatic rings. The van der Waals surface area contributed by atoms with Crippen molar-refractivity contribution in [3.05, 3.63) is 64.4 Å². The van der Waals surface area contributed by atoms with E-state index in [1.807, 2.05) is 24.3 Å². The van der Waals surface area contributed by atoms with Crippen LogP contribution in [0.2, 0.25) is 0 Å². The summed E-state index contributed by atoms with van der Waals surface area (Å²) in [7, 11) is 0. The van der Waals surface area contributed by atoms with Crippen molar-refractivity contribution in [2.45, 2.75) is 6.54 Å². The third-order valence-electron chi connectivity index (χ3n) is 2.59. The van der Waals surface area contributed by atoms with Crippen LogP contribution < -0.4 is 10.7 Å². The predicted octanol–water partition coefficient (Wildman–Crippen LogP) is 1.61. The average Bonchev–Trinajstić information content (AvgIpc) is 2.53. The second kappa shape index (κ2) is 8.04. The lowest BCUT2D eigenvalue weighted by molar-refractivity contribution is -0.139. The molecule has 0 aliphatic carbocycles. The monoisotopic (exact) mass is 360 g/mol. The van der Waals surface area contributed by atoms with Gasteiger partial charge < -0.3 is 5.32 Å². The first-order chi connectivity index (χ1) is 10.6. The number of pyridine rings is 1. The zero-order valence-corrected chi connectivity index (χ0v) is 13.1. The van der Waals surface area contributed by atoms with E-state index in [0.29, 0.717) is 5.69 Å². The Morgan fingerprint density at radius 2 is 2.05 bits per heavy atom. The zero-order chi connectivity index (χ0) is 15.8. The lowest BCUT2D eigenvalue weighted by Crippen LogP contribution is -2.37. The summed E-state index contributed by atoms with van der Waals surface area (Å²) in [5, 5.41) is 6.20. The number of nitrogens with zero attached hydrogens (tertiary/aromatic N) is 2. The maximum absolute atomic E-state index is 11.6. The number of nitrogens with one attached hydrogen (secondary N) is 2. The zero-order valence-electron chi connectivity index (χ0n) is 11.5. The molecule has 0 atom stereocenters. The number of hydrazone groups is 1. The number of rotatable bonds is 4. The second-order valence-corrected chi connectivity index (χ2v) is 5.17. The first-order valence-electron chi connectivity index (χ1n) is 6.42. The molecule has 2 N–H and O–H groups in total. The summed E-state index contributed by atoms with van der Waals surface area (Å²) in [4.78, 5) is 27.2. The fourth-order valence-corrected chi connectivity index (χ4v) is 1.97. The number of halogens is 1. The highest BCUT2D eigenvalue weighted by molar-refractivity contribution is 9.10. The summed E-state index contributed by atoms with van der Waals surface area (Å²) in [6.45, 7) is 0.183. The average molecular weight is 361 g/mol. The molecule has 22 heavy (non-hydrogen) atoms. The Kier molecular flexibility index (Phi) is 5.79. The predicted molar refractivity (Wildman–Crippen MR) is 86.0 cm³/mol. The number of aromatic nitrogens is 1. The van der Waals surface area contributed by atoms with Crippen LogP contribution in [0.15, 0.2) is 58.2 Å². The van der Waals surface area contributed by atoms with Crippen molar-refractivity contribution in [1.82, 2.24) is 15.7 Å². The number of carbonyl (C=O) groups is 2. The summed E-state index contributed by atoms with van der Waals surface area (Å²) < 4.78 is 0.899. The Morgan fingerprint density at radius 3 is 2.77 bits per heavy atom. The maximum Gasteiger partial charge on any atom is 0.329 e. The SMILES string of the molecule is O=C(NCc1ccccn1)C(=O)N/N=C/c1cccc(Br)c1. The van der Waals surface area contributed by atoms with Gasteiger partial charge in [0.1, 0.15) is 0 Å². The van der Waals surface area contributed by atoms with E-state index < -0.39 is 11.8 Å². The topological polar surface area (TPSA) is 83.5 Å². The van der Waals surface area contributed by atoms with Gasteiger partial charge in [-0.15, -0.1) is 0 Å². The molecule has 1 aromatic carbocycles. The number of hydrogen-bond donors (Lipinski definition) is 2. The molecular formula is C15H13BrN4O2. The van der Waals surface area contributed by atoms with Gasteiger partial charge in [0, 0.05) is 10.7 Å². The van der Waals surface area contributed by atoms with Gasteiger partial charge in [0.05, 0.1) is 18.5 Å². The minimum absolute atomic E-state index is 0.183. The van der Waals surface area contributed by atoms with Crippen LogP contribution in [0.1, 0.15) is 11.3 Å². The summed E-state index contributed by atoms with van der Waals surface area (Å²) in [6, 6.07) is 12.7. The van der Waals surface area contributed by atoms with Crippen molar-refractivity contribution < 1.29 is 9.59 Å². The molecule has 0 bridgehead atoms. The van der Waals surface area contributed by atoms with E-state index in [4.69, 9.17) is 0 Å². The van der Waals surface area contributed by atoms with Crippen molar-refractivity contribution in [2.24, 2.45) is 5.10 Å². The third-order valence-corrected chi connectivity index (χ3v) is 3.08. The Bertz CT molecular complexity index is 689. The number of benzene rings is 1. The summed E-state index contributed by atoms with van der Waals surface area (Å²) in [6.07, 6.45) is 3.07. The van der Waals surface area contributed by atoms with Crippen molar-refractivity contribution >= 4 is 34.0 Å². The van der Waals surface area contributed by atoms with Gasteiger partial charge in [-0.25, -0.2) is 5.43 Å². The van der Waals surface area contributed by atoms with Crippen molar-refractivity contribution in [3.8, 4) is 0 Å². The molecule has 1 heterocycles. The van der Waals surface area contributed by atoms with Gasteiger partial charge in [0.15, 0.2) is 0 Å². The molecule has 2 amide bonds. The van der Waals surface area contributed by atoms with Crippen molar-refractivity contribution in [2.75, 3.05) is 0 Å². The Morgan fingerprint density at radius 1 is 1.18 bits per heavy atom. The van der Waals surface area contributed by atoms with E-state index in [-0.39, 0.29) is 6.54 Å². The molecule has 1 aromatic heterocycles. The van der Waals surface area contributed by atoms with Gasteiger partial charge in [-0.1, -0.05) is 34.1 Å². The molecule has 7 heteroatoms. The molecule has 0 spiro atoms. The van der Waals surface area contributed by atoms with Crippen LogP contribution in [0.3, 0.4) is 0 Å². The molecule has 0 unspecified atom stereocenters.